The van der Waals surface area contributed by atoms with Crippen molar-refractivity contribution in [3.8, 4) is 0 Å². The number of nitrogens with zero attached hydrogens (tertiary/aromatic N) is 2. The van der Waals surface area contributed by atoms with Crippen LogP contribution >= 0.6 is 0 Å². The predicted molar refractivity (Wildman–Crippen MR) is 108 cm³/mol. The van der Waals surface area contributed by atoms with E-state index in [1.807, 2.05) is 32.9 Å². The molecule has 0 atom stereocenters. The second-order valence-corrected chi connectivity index (χ2v) is 7.23. The Morgan fingerprint density at radius 2 is 1.67 bits per heavy atom. The number of nitrogens with one attached hydrogen (secondary N) is 1. The monoisotopic (exact) mass is 367 g/mol. The van der Waals surface area contributed by atoms with Gasteiger partial charge in [0.15, 0.2) is 0 Å². The number of nitro benzene ring substituents is 1. The SMILES string of the molecule is Cc1cc(C)c(NC(=O)c2cc([N+](=O)[O-])ccc2N2CCCCC2)c(C)c1. The molecule has 2 aromatic rings. The number of nitro groups is 1. The van der Waals surface area contributed by atoms with Crippen molar-refractivity contribution in [1.82, 2.24) is 0 Å². The van der Waals surface area contributed by atoms with Gasteiger partial charge in [0.25, 0.3) is 11.6 Å². The summed E-state index contributed by atoms with van der Waals surface area (Å²) < 4.78 is 0. The third-order valence-electron chi connectivity index (χ3n) is 5.05. The van der Waals surface area contributed by atoms with E-state index in [1.54, 1.807) is 6.07 Å². The van der Waals surface area contributed by atoms with Gasteiger partial charge in [0.05, 0.1) is 16.2 Å². The molecule has 1 amide bonds. The average Bonchev–Trinajstić information content (AvgIpc) is 2.64. The van der Waals surface area contributed by atoms with Crippen molar-refractivity contribution < 1.29 is 9.72 Å². The van der Waals surface area contributed by atoms with Crippen LogP contribution < -0.4 is 10.2 Å². The van der Waals surface area contributed by atoms with Crippen molar-refractivity contribution in [2.45, 2.75) is 40.0 Å². The molecule has 1 fully saturated rings. The fourth-order valence-electron chi connectivity index (χ4n) is 3.79. The van der Waals surface area contributed by atoms with Crippen LogP contribution in [0.15, 0.2) is 30.3 Å². The van der Waals surface area contributed by atoms with Gasteiger partial charge in [-0.1, -0.05) is 17.7 Å². The number of anilines is 2. The summed E-state index contributed by atoms with van der Waals surface area (Å²) in [6.07, 6.45) is 3.30. The molecule has 0 saturated carbocycles. The van der Waals surface area contributed by atoms with Crippen LogP contribution in [-0.4, -0.2) is 23.9 Å². The number of rotatable bonds is 4. The van der Waals surface area contributed by atoms with E-state index in [2.05, 4.69) is 10.2 Å². The second-order valence-electron chi connectivity index (χ2n) is 7.23. The highest BCUT2D eigenvalue weighted by Crippen LogP contribution is 2.30. The lowest BCUT2D eigenvalue weighted by Gasteiger charge is -2.30. The van der Waals surface area contributed by atoms with Gasteiger partial charge in [0.1, 0.15) is 0 Å². The summed E-state index contributed by atoms with van der Waals surface area (Å²) in [5, 5.41) is 14.2. The Balaban J connectivity index is 1.99. The Bertz CT molecular complexity index is 863. The maximum Gasteiger partial charge on any atom is 0.270 e. The van der Waals surface area contributed by atoms with Crippen LogP contribution in [0.2, 0.25) is 0 Å². The van der Waals surface area contributed by atoms with Gasteiger partial charge in [-0.25, -0.2) is 0 Å². The van der Waals surface area contributed by atoms with E-state index in [0.29, 0.717) is 5.56 Å². The fourth-order valence-corrected chi connectivity index (χ4v) is 3.79. The largest absolute Gasteiger partial charge is 0.371 e. The maximum absolute atomic E-state index is 13.1. The number of carbonyl (C=O) groups is 1. The summed E-state index contributed by atoms with van der Waals surface area (Å²) in [5.41, 5.74) is 4.90. The molecule has 1 heterocycles. The lowest BCUT2D eigenvalue weighted by Crippen LogP contribution is -2.31. The van der Waals surface area contributed by atoms with Gasteiger partial charge in [0.2, 0.25) is 0 Å². The van der Waals surface area contributed by atoms with Crippen LogP contribution in [0.4, 0.5) is 17.1 Å². The molecule has 3 rings (SSSR count). The van der Waals surface area contributed by atoms with E-state index < -0.39 is 4.92 Å². The topological polar surface area (TPSA) is 75.5 Å². The van der Waals surface area contributed by atoms with Crippen LogP contribution in [-0.2, 0) is 0 Å². The van der Waals surface area contributed by atoms with Crippen molar-refractivity contribution >= 4 is 23.0 Å². The highest BCUT2D eigenvalue weighted by molar-refractivity contribution is 6.09. The smallest absolute Gasteiger partial charge is 0.270 e. The number of non-ortho nitro benzene ring substituents is 1. The first-order valence-corrected chi connectivity index (χ1v) is 9.29. The molecule has 27 heavy (non-hydrogen) atoms. The highest BCUT2D eigenvalue weighted by Gasteiger charge is 2.22. The minimum absolute atomic E-state index is 0.0711. The Hall–Kier alpha value is -2.89. The van der Waals surface area contributed by atoms with Crippen molar-refractivity contribution in [1.29, 1.82) is 0 Å². The molecule has 1 aliphatic heterocycles. The Morgan fingerprint density at radius 1 is 1.04 bits per heavy atom. The Kier molecular flexibility index (Phi) is 5.44. The summed E-state index contributed by atoms with van der Waals surface area (Å²) in [6, 6.07) is 8.59. The van der Waals surface area contributed by atoms with E-state index in [-0.39, 0.29) is 11.6 Å². The molecule has 1 saturated heterocycles. The molecule has 0 bridgehead atoms. The number of carbonyl (C=O) groups excluding carboxylic acids is 1. The normalized spacial score (nSPS) is 14.1. The third kappa shape index (κ3) is 4.10. The molecule has 0 spiro atoms. The second kappa shape index (κ2) is 7.78. The van der Waals surface area contributed by atoms with Gasteiger partial charge in [-0.3, -0.25) is 14.9 Å². The maximum atomic E-state index is 13.1. The Morgan fingerprint density at radius 3 is 2.26 bits per heavy atom. The summed E-state index contributed by atoms with van der Waals surface area (Å²) in [5.74, 6) is -0.311. The van der Waals surface area contributed by atoms with Gasteiger partial charge in [-0.2, -0.15) is 0 Å². The molecule has 1 aliphatic rings. The first-order valence-electron chi connectivity index (χ1n) is 9.29. The molecule has 0 aromatic heterocycles. The van der Waals surface area contributed by atoms with Crippen LogP contribution in [0, 0.1) is 30.9 Å². The first kappa shape index (κ1) is 18.9. The number of hydrogen-bond donors (Lipinski definition) is 1. The highest BCUT2D eigenvalue weighted by atomic mass is 16.6. The van der Waals surface area contributed by atoms with E-state index in [4.69, 9.17) is 0 Å². The van der Waals surface area contributed by atoms with Gasteiger partial charge in [-0.05, 0) is 57.2 Å². The molecule has 6 nitrogen and oxygen atoms in total. The predicted octanol–water partition coefficient (Wildman–Crippen LogP) is 4.76. The standard InChI is InChI=1S/C21H25N3O3/c1-14-11-15(2)20(16(3)12-14)22-21(25)18-13-17(24(26)27)7-8-19(18)23-9-5-4-6-10-23/h7-8,11-13H,4-6,9-10H2,1-3H3,(H,22,25). The molecule has 2 aromatic carbocycles. The van der Waals surface area contributed by atoms with E-state index in [0.717, 1.165) is 54.0 Å². The number of hydrogen-bond acceptors (Lipinski definition) is 4. The van der Waals surface area contributed by atoms with Gasteiger partial charge in [0, 0.05) is 30.9 Å². The molecule has 0 radical (unpaired) electrons. The van der Waals surface area contributed by atoms with Crippen LogP contribution in [0.5, 0.6) is 0 Å². The minimum Gasteiger partial charge on any atom is -0.371 e. The zero-order valence-electron chi connectivity index (χ0n) is 16.0. The number of amides is 1. The van der Waals surface area contributed by atoms with Crippen molar-refractivity contribution in [2.24, 2.45) is 0 Å². The molecule has 0 aliphatic carbocycles. The van der Waals surface area contributed by atoms with Gasteiger partial charge < -0.3 is 10.2 Å². The zero-order valence-corrected chi connectivity index (χ0v) is 16.0. The fraction of sp³-hybridized carbons (Fsp3) is 0.381. The number of piperidine rings is 1. The Labute approximate surface area is 159 Å². The lowest BCUT2D eigenvalue weighted by molar-refractivity contribution is -0.384. The van der Waals surface area contributed by atoms with Crippen LogP contribution in [0.3, 0.4) is 0 Å². The summed E-state index contributed by atoms with van der Waals surface area (Å²) in [7, 11) is 0. The van der Waals surface area contributed by atoms with Crippen LogP contribution in [0.25, 0.3) is 0 Å². The van der Waals surface area contributed by atoms with Crippen molar-refractivity contribution in [3.63, 3.8) is 0 Å². The number of benzene rings is 2. The minimum atomic E-state index is -0.459. The molecule has 0 unspecified atom stereocenters. The third-order valence-corrected chi connectivity index (χ3v) is 5.05. The van der Waals surface area contributed by atoms with E-state index in [1.165, 1.54) is 18.6 Å². The summed E-state index contributed by atoms with van der Waals surface area (Å²) in [6.45, 7) is 7.64. The quantitative estimate of drug-likeness (QED) is 0.624. The van der Waals surface area contributed by atoms with Crippen molar-refractivity contribution in [2.75, 3.05) is 23.3 Å². The van der Waals surface area contributed by atoms with Gasteiger partial charge >= 0.3 is 0 Å². The number of aryl methyl sites for hydroxylation is 3. The summed E-state index contributed by atoms with van der Waals surface area (Å²) >= 11 is 0. The molecule has 1 N–H and O–H groups in total. The van der Waals surface area contributed by atoms with Crippen molar-refractivity contribution in [3.05, 3.63) is 62.7 Å². The van der Waals surface area contributed by atoms with Crippen LogP contribution in [0.1, 0.15) is 46.3 Å². The lowest BCUT2D eigenvalue weighted by atomic mass is 10.0. The first-order chi connectivity index (χ1) is 12.9. The van der Waals surface area contributed by atoms with E-state index in [9.17, 15) is 14.9 Å². The molecular weight excluding hydrogens is 342 g/mol. The molecule has 6 heteroatoms. The summed E-state index contributed by atoms with van der Waals surface area (Å²) in [4.78, 5) is 26.0. The average molecular weight is 367 g/mol. The van der Waals surface area contributed by atoms with E-state index >= 15 is 0 Å². The molecule has 142 valence electrons. The zero-order chi connectivity index (χ0) is 19.6. The van der Waals surface area contributed by atoms with Gasteiger partial charge in [-0.15, -0.1) is 0 Å². The molecular formula is C21H25N3O3.